The van der Waals surface area contributed by atoms with Crippen LogP contribution in [-0.2, 0) is 0 Å². The van der Waals surface area contributed by atoms with E-state index >= 15 is 0 Å². The molecule has 1 fully saturated rings. The second kappa shape index (κ2) is 10.5. The molecule has 2 heterocycles. The molecule has 1 saturated heterocycles. The molecule has 0 aliphatic carbocycles. The summed E-state index contributed by atoms with van der Waals surface area (Å²) in [5.41, 5.74) is 4.17. The lowest BCUT2D eigenvalue weighted by atomic mass is 9.98. The number of benzene rings is 3. The van der Waals surface area contributed by atoms with Crippen molar-refractivity contribution in [3.8, 4) is 11.4 Å². The van der Waals surface area contributed by atoms with Crippen molar-refractivity contribution >= 4 is 34.0 Å². The van der Waals surface area contributed by atoms with Gasteiger partial charge in [-0.25, -0.2) is 0 Å². The molecule has 10 heteroatoms. The summed E-state index contributed by atoms with van der Waals surface area (Å²) in [6, 6.07) is 15.8. The first-order valence-electron chi connectivity index (χ1n) is 12.8. The number of hydrogen-bond acceptors (Lipinski definition) is 7. The normalized spacial score (nSPS) is 14.0. The Morgan fingerprint density at radius 1 is 1.08 bits per heavy atom. The van der Waals surface area contributed by atoms with Gasteiger partial charge in [0.05, 0.1) is 17.2 Å². The van der Waals surface area contributed by atoms with E-state index in [1.54, 1.807) is 18.2 Å². The number of fused-ring (bicyclic) bond motifs is 1. The van der Waals surface area contributed by atoms with E-state index in [9.17, 15) is 14.9 Å². The quantitative estimate of drug-likeness (QED) is 0.255. The SMILES string of the molecule is CCOc1ccc(-n2nc3cc(C)c(NC(=O)c4ccc(N5CCC(C)CC5)c([N+](=O)[O-])c4)cc3n2)cc1. The number of carbonyl (C=O) groups is 1. The summed E-state index contributed by atoms with van der Waals surface area (Å²) in [6.07, 6.45) is 1.98. The Labute approximate surface area is 220 Å². The van der Waals surface area contributed by atoms with Gasteiger partial charge in [-0.2, -0.15) is 4.80 Å². The van der Waals surface area contributed by atoms with E-state index in [1.165, 1.54) is 10.9 Å². The maximum Gasteiger partial charge on any atom is 0.293 e. The van der Waals surface area contributed by atoms with Crippen molar-refractivity contribution in [1.82, 2.24) is 15.0 Å². The monoisotopic (exact) mass is 514 g/mol. The van der Waals surface area contributed by atoms with Crippen LogP contribution >= 0.6 is 0 Å². The average molecular weight is 515 g/mol. The molecule has 0 bridgehead atoms. The maximum absolute atomic E-state index is 13.1. The lowest BCUT2D eigenvalue weighted by molar-refractivity contribution is -0.384. The van der Waals surface area contributed by atoms with Crippen LogP contribution < -0.4 is 15.0 Å². The fourth-order valence-corrected chi connectivity index (χ4v) is 4.68. The van der Waals surface area contributed by atoms with Crippen molar-refractivity contribution in [2.75, 3.05) is 29.9 Å². The van der Waals surface area contributed by atoms with E-state index in [-0.39, 0.29) is 11.3 Å². The molecule has 0 atom stereocenters. The number of hydrogen-bond donors (Lipinski definition) is 1. The minimum absolute atomic E-state index is 0.0577. The number of nitro groups is 1. The highest BCUT2D eigenvalue weighted by atomic mass is 16.6. The molecule has 0 radical (unpaired) electrons. The third-order valence-corrected chi connectivity index (χ3v) is 6.91. The Bertz CT molecular complexity index is 1490. The van der Waals surface area contributed by atoms with Gasteiger partial charge in [-0.1, -0.05) is 6.92 Å². The molecule has 1 N–H and O–H groups in total. The summed E-state index contributed by atoms with van der Waals surface area (Å²) in [4.78, 5) is 28.1. The topological polar surface area (TPSA) is 115 Å². The number of aryl methyl sites for hydroxylation is 1. The van der Waals surface area contributed by atoms with Gasteiger partial charge in [0.1, 0.15) is 22.5 Å². The Balaban J connectivity index is 1.38. The lowest BCUT2D eigenvalue weighted by Gasteiger charge is -2.31. The summed E-state index contributed by atoms with van der Waals surface area (Å²) in [5.74, 6) is 0.958. The number of nitrogens with zero attached hydrogens (tertiary/aromatic N) is 5. The fourth-order valence-electron chi connectivity index (χ4n) is 4.68. The van der Waals surface area contributed by atoms with Crippen LogP contribution in [0.25, 0.3) is 16.7 Å². The van der Waals surface area contributed by atoms with E-state index < -0.39 is 10.8 Å². The minimum Gasteiger partial charge on any atom is -0.494 e. The summed E-state index contributed by atoms with van der Waals surface area (Å²) in [7, 11) is 0. The molecule has 0 unspecified atom stereocenters. The Kier molecular flexibility index (Phi) is 6.95. The van der Waals surface area contributed by atoms with E-state index in [0.717, 1.165) is 42.9 Å². The summed E-state index contributed by atoms with van der Waals surface area (Å²) in [6.45, 7) is 8.12. The van der Waals surface area contributed by atoms with Crippen LogP contribution in [0.2, 0.25) is 0 Å². The Hall–Kier alpha value is -4.47. The van der Waals surface area contributed by atoms with Gasteiger partial charge >= 0.3 is 0 Å². The van der Waals surface area contributed by atoms with Gasteiger partial charge in [-0.3, -0.25) is 14.9 Å². The third kappa shape index (κ3) is 5.15. The van der Waals surface area contributed by atoms with Gasteiger partial charge in [-0.05, 0) is 86.7 Å². The van der Waals surface area contributed by atoms with Crippen LogP contribution in [0.4, 0.5) is 17.1 Å². The second-order valence-electron chi connectivity index (χ2n) is 9.66. The highest BCUT2D eigenvalue weighted by Gasteiger charge is 2.25. The van der Waals surface area contributed by atoms with Gasteiger partial charge in [-0.15, -0.1) is 10.2 Å². The molecule has 1 aromatic heterocycles. The predicted octanol–water partition coefficient (Wildman–Crippen LogP) is 5.52. The molecule has 196 valence electrons. The fraction of sp³-hybridized carbons (Fsp3) is 0.321. The highest BCUT2D eigenvalue weighted by Crippen LogP contribution is 2.33. The van der Waals surface area contributed by atoms with Gasteiger partial charge in [0, 0.05) is 30.4 Å². The maximum atomic E-state index is 13.1. The number of nitrogens with one attached hydrogen (secondary N) is 1. The van der Waals surface area contributed by atoms with Gasteiger partial charge < -0.3 is 15.0 Å². The zero-order valence-electron chi connectivity index (χ0n) is 21.7. The molecular formula is C28H30N6O4. The first-order chi connectivity index (χ1) is 18.3. The van der Waals surface area contributed by atoms with Crippen molar-refractivity contribution in [1.29, 1.82) is 0 Å². The van der Waals surface area contributed by atoms with E-state index in [4.69, 9.17) is 4.74 Å². The van der Waals surface area contributed by atoms with Crippen molar-refractivity contribution in [3.63, 3.8) is 0 Å². The van der Waals surface area contributed by atoms with Crippen LogP contribution in [0.5, 0.6) is 5.75 Å². The van der Waals surface area contributed by atoms with Gasteiger partial charge in [0.2, 0.25) is 0 Å². The van der Waals surface area contributed by atoms with Crippen LogP contribution in [0.3, 0.4) is 0 Å². The molecule has 1 amide bonds. The zero-order chi connectivity index (χ0) is 26.8. The summed E-state index contributed by atoms with van der Waals surface area (Å²) in [5, 5.41) is 23.9. The highest BCUT2D eigenvalue weighted by molar-refractivity contribution is 6.06. The van der Waals surface area contributed by atoms with Crippen molar-refractivity contribution in [2.24, 2.45) is 5.92 Å². The molecular weight excluding hydrogens is 484 g/mol. The largest absolute Gasteiger partial charge is 0.494 e. The molecule has 4 aromatic rings. The smallest absolute Gasteiger partial charge is 0.293 e. The summed E-state index contributed by atoms with van der Waals surface area (Å²) < 4.78 is 5.49. The van der Waals surface area contributed by atoms with Gasteiger partial charge in [0.25, 0.3) is 11.6 Å². The molecule has 10 nitrogen and oxygen atoms in total. The van der Waals surface area contributed by atoms with Crippen molar-refractivity contribution in [3.05, 3.63) is 75.8 Å². The van der Waals surface area contributed by atoms with Crippen LogP contribution in [0.15, 0.2) is 54.6 Å². The molecule has 1 aliphatic heterocycles. The number of ether oxygens (including phenoxy) is 1. The zero-order valence-corrected chi connectivity index (χ0v) is 21.7. The molecule has 0 saturated carbocycles. The van der Waals surface area contributed by atoms with Crippen molar-refractivity contribution < 1.29 is 14.5 Å². The van der Waals surface area contributed by atoms with Crippen molar-refractivity contribution in [2.45, 2.75) is 33.6 Å². The average Bonchev–Trinajstić information content (AvgIpc) is 3.32. The number of nitro benzene ring substituents is 1. The lowest BCUT2D eigenvalue weighted by Crippen LogP contribution is -2.33. The predicted molar refractivity (Wildman–Crippen MR) is 146 cm³/mol. The Morgan fingerprint density at radius 2 is 1.76 bits per heavy atom. The minimum atomic E-state index is -0.423. The molecule has 5 rings (SSSR count). The molecule has 0 spiro atoms. The number of rotatable bonds is 7. The van der Waals surface area contributed by atoms with E-state index in [2.05, 4.69) is 22.4 Å². The first kappa shape index (κ1) is 25.2. The third-order valence-electron chi connectivity index (χ3n) is 6.91. The van der Waals surface area contributed by atoms with Gasteiger partial charge in [0.15, 0.2) is 0 Å². The molecule has 3 aromatic carbocycles. The number of anilines is 2. The summed E-state index contributed by atoms with van der Waals surface area (Å²) >= 11 is 0. The van der Waals surface area contributed by atoms with Crippen LogP contribution in [0, 0.1) is 23.0 Å². The van der Waals surface area contributed by atoms with E-state index in [1.807, 2.05) is 49.1 Å². The second-order valence-corrected chi connectivity index (χ2v) is 9.66. The molecule has 38 heavy (non-hydrogen) atoms. The standard InChI is InChI=1S/C28H30N6O4/c1-4-38-22-8-6-21(7-9-22)33-30-24-15-19(3)23(17-25(24)31-33)29-28(35)20-5-10-26(27(16-20)34(36)37)32-13-11-18(2)12-14-32/h5-10,15-18H,4,11-14H2,1-3H3,(H,29,35). The molecule has 1 aliphatic rings. The van der Waals surface area contributed by atoms with E-state index in [0.29, 0.717) is 34.9 Å². The number of piperidine rings is 1. The van der Waals surface area contributed by atoms with Crippen LogP contribution in [-0.4, -0.2) is 45.5 Å². The number of aromatic nitrogens is 3. The number of carbonyl (C=O) groups excluding carboxylic acids is 1. The van der Waals surface area contributed by atoms with Crippen LogP contribution in [0.1, 0.15) is 42.6 Å². The first-order valence-corrected chi connectivity index (χ1v) is 12.8. The number of amides is 1. The Morgan fingerprint density at radius 3 is 2.42 bits per heavy atom.